The molecular formula is C23H30N2O3. The number of rotatable bonds is 6. The molecule has 0 bridgehead atoms. The first-order valence-electron chi connectivity index (χ1n) is 9.89. The normalized spacial score (nSPS) is 12.3. The quantitative estimate of drug-likeness (QED) is 0.506. The van der Waals surface area contributed by atoms with Gasteiger partial charge in [0, 0.05) is 30.3 Å². The number of aryl methyl sites for hydroxylation is 2. The number of aliphatic hydroxyl groups is 1. The predicted molar refractivity (Wildman–Crippen MR) is 114 cm³/mol. The Morgan fingerprint density at radius 3 is 2.61 bits per heavy atom. The Hall–Kier alpha value is -2.40. The van der Waals surface area contributed by atoms with E-state index < -0.39 is 5.60 Å². The zero-order chi connectivity index (χ0) is 20.6. The van der Waals surface area contributed by atoms with Crippen molar-refractivity contribution in [3.8, 4) is 5.75 Å². The van der Waals surface area contributed by atoms with Crippen molar-refractivity contribution in [2.24, 2.45) is 13.0 Å². The highest BCUT2D eigenvalue weighted by Gasteiger charge is 2.24. The van der Waals surface area contributed by atoms with Crippen molar-refractivity contribution in [2.45, 2.75) is 53.1 Å². The van der Waals surface area contributed by atoms with Gasteiger partial charge in [-0.15, -0.1) is 0 Å². The molecule has 0 aliphatic heterocycles. The molecule has 2 heterocycles. The smallest absolute Gasteiger partial charge is 0.260 e. The van der Waals surface area contributed by atoms with Crippen LogP contribution in [-0.2, 0) is 12.6 Å². The second kappa shape index (κ2) is 7.55. The van der Waals surface area contributed by atoms with Gasteiger partial charge in [0.25, 0.3) is 5.56 Å². The van der Waals surface area contributed by atoms with Crippen LogP contribution in [0, 0.1) is 12.8 Å². The molecule has 1 aromatic carbocycles. The van der Waals surface area contributed by atoms with Gasteiger partial charge < -0.3 is 14.4 Å². The van der Waals surface area contributed by atoms with Gasteiger partial charge in [0.1, 0.15) is 5.75 Å². The lowest BCUT2D eigenvalue weighted by Crippen LogP contribution is -2.21. The minimum absolute atomic E-state index is 0.0742. The van der Waals surface area contributed by atoms with E-state index in [1.54, 1.807) is 31.7 Å². The number of pyridine rings is 2. The van der Waals surface area contributed by atoms with E-state index in [0.29, 0.717) is 29.4 Å². The molecule has 3 aromatic rings. The van der Waals surface area contributed by atoms with E-state index in [1.807, 2.05) is 25.1 Å². The number of fused-ring (bicyclic) bond motifs is 3. The zero-order valence-corrected chi connectivity index (χ0v) is 17.7. The lowest BCUT2D eigenvalue weighted by Gasteiger charge is -2.24. The van der Waals surface area contributed by atoms with Crippen LogP contribution >= 0.6 is 0 Å². The van der Waals surface area contributed by atoms with Crippen molar-refractivity contribution >= 4 is 21.7 Å². The third-order valence-electron chi connectivity index (χ3n) is 5.25. The van der Waals surface area contributed by atoms with Crippen LogP contribution in [0.5, 0.6) is 5.75 Å². The first-order valence-corrected chi connectivity index (χ1v) is 9.89. The molecule has 5 heteroatoms. The summed E-state index contributed by atoms with van der Waals surface area (Å²) in [6, 6.07) is 5.70. The van der Waals surface area contributed by atoms with Crippen LogP contribution in [0.25, 0.3) is 21.7 Å². The van der Waals surface area contributed by atoms with Crippen molar-refractivity contribution in [3.63, 3.8) is 0 Å². The highest BCUT2D eigenvalue weighted by Crippen LogP contribution is 2.36. The van der Waals surface area contributed by atoms with Gasteiger partial charge in [-0.3, -0.25) is 9.78 Å². The molecule has 150 valence electrons. The average Bonchev–Trinajstić information content (AvgIpc) is 2.61. The van der Waals surface area contributed by atoms with Gasteiger partial charge in [0.2, 0.25) is 0 Å². The number of nitrogens with zero attached hydrogens (tertiary/aromatic N) is 2. The van der Waals surface area contributed by atoms with Crippen molar-refractivity contribution in [1.82, 2.24) is 9.55 Å². The third-order valence-corrected chi connectivity index (χ3v) is 5.25. The molecule has 1 N–H and O–H groups in total. The molecule has 0 unspecified atom stereocenters. The highest BCUT2D eigenvalue weighted by atomic mass is 16.5. The van der Waals surface area contributed by atoms with E-state index in [1.165, 1.54) is 0 Å². The van der Waals surface area contributed by atoms with E-state index in [0.717, 1.165) is 34.7 Å². The highest BCUT2D eigenvalue weighted by molar-refractivity contribution is 6.06. The fourth-order valence-corrected chi connectivity index (χ4v) is 3.67. The Bertz CT molecular complexity index is 1080. The summed E-state index contributed by atoms with van der Waals surface area (Å²) in [6.07, 6.45) is 3.75. The van der Waals surface area contributed by atoms with E-state index in [9.17, 15) is 9.90 Å². The van der Waals surface area contributed by atoms with Crippen molar-refractivity contribution < 1.29 is 9.84 Å². The number of ether oxygens (including phenoxy) is 1. The van der Waals surface area contributed by atoms with E-state index in [4.69, 9.17) is 4.74 Å². The molecular weight excluding hydrogens is 352 g/mol. The summed E-state index contributed by atoms with van der Waals surface area (Å²) in [4.78, 5) is 17.2. The van der Waals surface area contributed by atoms with Crippen LogP contribution < -0.4 is 10.3 Å². The number of aromatic nitrogens is 2. The van der Waals surface area contributed by atoms with Gasteiger partial charge in [0.05, 0.1) is 28.8 Å². The Kier molecular flexibility index (Phi) is 5.48. The molecule has 28 heavy (non-hydrogen) atoms. The topological polar surface area (TPSA) is 64.4 Å². The largest absolute Gasteiger partial charge is 0.493 e. The van der Waals surface area contributed by atoms with Crippen molar-refractivity contribution in [3.05, 3.63) is 46.0 Å². The molecule has 0 spiro atoms. The first-order chi connectivity index (χ1) is 13.1. The molecule has 0 fully saturated rings. The van der Waals surface area contributed by atoms with Gasteiger partial charge in [-0.2, -0.15) is 0 Å². The van der Waals surface area contributed by atoms with Gasteiger partial charge in [-0.25, -0.2) is 0 Å². The maximum atomic E-state index is 12.9. The van der Waals surface area contributed by atoms with Crippen molar-refractivity contribution in [2.75, 3.05) is 6.61 Å². The summed E-state index contributed by atoms with van der Waals surface area (Å²) in [5.41, 5.74) is 1.08. The molecule has 0 saturated heterocycles. The molecule has 5 nitrogen and oxygen atoms in total. The molecule has 0 aliphatic carbocycles. The summed E-state index contributed by atoms with van der Waals surface area (Å²) in [7, 11) is 1.77. The predicted octanol–water partition coefficient (Wildman–Crippen LogP) is 4.44. The van der Waals surface area contributed by atoms with Gasteiger partial charge >= 0.3 is 0 Å². The maximum absolute atomic E-state index is 12.9. The number of hydrogen-bond donors (Lipinski definition) is 1. The summed E-state index contributed by atoms with van der Waals surface area (Å²) < 4.78 is 7.71. The Morgan fingerprint density at radius 1 is 1.25 bits per heavy atom. The fourth-order valence-electron chi connectivity index (χ4n) is 3.67. The molecule has 0 saturated carbocycles. The monoisotopic (exact) mass is 382 g/mol. The first kappa shape index (κ1) is 20.3. The van der Waals surface area contributed by atoms with Crippen LogP contribution in [0.15, 0.2) is 29.2 Å². The molecule has 0 radical (unpaired) electrons. The lowest BCUT2D eigenvalue weighted by molar-refractivity contribution is 0.0747. The van der Waals surface area contributed by atoms with Crippen LogP contribution in [0.3, 0.4) is 0 Å². The average molecular weight is 383 g/mol. The second-order valence-electron chi connectivity index (χ2n) is 8.49. The van der Waals surface area contributed by atoms with Crippen molar-refractivity contribution in [1.29, 1.82) is 0 Å². The second-order valence-corrected chi connectivity index (χ2v) is 8.49. The lowest BCUT2D eigenvalue weighted by atomic mass is 9.93. The minimum atomic E-state index is -1.06. The van der Waals surface area contributed by atoms with Crippen LogP contribution in [0.2, 0.25) is 0 Å². The number of benzene rings is 1. The standard InChI is InChI=1S/C23H30N2O3/c1-14(2)8-7-11-28-20-13-19-17(12-18(20)23(4,5)27)16-9-10-24-15(3)21(16)22(26)25(19)6/h9-10,12-14,27H,7-8,11H2,1-6H3. The van der Waals surface area contributed by atoms with E-state index >= 15 is 0 Å². The minimum Gasteiger partial charge on any atom is -0.493 e. The molecule has 2 aromatic heterocycles. The van der Waals surface area contributed by atoms with Gasteiger partial charge in [-0.1, -0.05) is 13.8 Å². The van der Waals surface area contributed by atoms with E-state index in [2.05, 4.69) is 18.8 Å². The van der Waals surface area contributed by atoms with Crippen LogP contribution in [-0.4, -0.2) is 21.3 Å². The number of hydrogen-bond acceptors (Lipinski definition) is 4. The molecule has 0 amide bonds. The maximum Gasteiger partial charge on any atom is 0.260 e. The molecule has 0 aliphatic rings. The molecule has 0 atom stereocenters. The Balaban J connectivity index is 2.23. The Labute approximate surface area is 166 Å². The van der Waals surface area contributed by atoms with Gasteiger partial charge in [0.15, 0.2) is 0 Å². The van der Waals surface area contributed by atoms with Gasteiger partial charge in [-0.05, 0) is 57.0 Å². The summed E-state index contributed by atoms with van der Waals surface area (Å²) in [6.45, 7) is 10.3. The zero-order valence-electron chi connectivity index (χ0n) is 17.7. The summed E-state index contributed by atoms with van der Waals surface area (Å²) in [5, 5.41) is 13.1. The third kappa shape index (κ3) is 3.76. The van der Waals surface area contributed by atoms with Crippen LogP contribution in [0.4, 0.5) is 0 Å². The van der Waals surface area contributed by atoms with E-state index in [-0.39, 0.29) is 5.56 Å². The summed E-state index contributed by atoms with van der Waals surface area (Å²) in [5.74, 6) is 1.25. The SMILES string of the molecule is Cc1nccc2c1c(=O)n(C)c1cc(OCCCC(C)C)c(C(C)(C)O)cc21. The fraction of sp³-hybridized carbons (Fsp3) is 0.478. The van der Waals surface area contributed by atoms with Crippen LogP contribution in [0.1, 0.15) is 51.8 Å². The Morgan fingerprint density at radius 2 is 1.96 bits per heavy atom. The molecule has 3 rings (SSSR count). The summed E-state index contributed by atoms with van der Waals surface area (Å²) >= 11 is 0.